The van der Waals surface area contributed by atoms with Crippen molar-refractivity contribution in [3.63, 3.8) is 0 Å². The number of carbonyl (C=O) groups excluding carboxylic acids is 3. The Hall–Kier alpha value is -2.17. The Morgan fingerprint density at radius 3 is 2.71 bits per heavy atom. The molecule has 2 aliphatic rings. The lowest BCUT2D eigenvalue weighted by atomic mass is 9.86. The summed E-state index contributed by atoms with van der Waals surface area (Å²) in [4.78, 5) is 35.2. The monoisotopic (exact) mass is 329 g/mol. The van der Waals surface area contributed by atoms with Crippen molar-refractivity contribution >= 4 is 23.3 Å². The van der Waals surface area contributed by atoms with Gasteiger partial charge in [-0.05, 0) is 56.1 Å². The molecular weight excluding hydrogens is 306 g/mol. The van der Waals surface area contributed by atoms with E-state index in [-0.39, 0.29) is 18.4 Å². The number of ketones is 1. The largest absolute Gasteiger partial charge is 0.456 e. The van der Waals surface area contributed by atoms with Gasteiger partial charge in [0.25, 0.3) is 5.91 Å². The van der Waals surface area contributed by atoms with E-state index < -0.39 is 5.91 Å². The molecule has 1 aromatic carbocycles. The zero-order valence-electron chi connectivity index (χ0n) is 13.9. The van der Waals surface area contributed by atoms with Gasteiger partial charge in [-0.3, -0.25) is 14.4 Å². The second-order valence-electron chi connectivity index (χ2n) is 6.98. The van der Waals surface area contributed by atoms with Crippen LogP contribution in [0, 0.1) is 17.8 Å². The zero-order chi connectivity index (χ0) is 17.1. The molecule has 1 amide bonds. The summed E-state index contributed by atoms with van der Waals surface area (Å²) in [5.41, 5.74) is 1.05. The van der Waals surface area contributed by atoms with E-state index in [0.717, 1.165) is 12.3 Å². The molecule has 24 heavy (non-hydrogen) atoms. The van der Waals surface area contributed by atoms with Crippen molar-refractivity contribution in [3.8, 4) is 0 Å². The lowest BCUT2D eigenvalue weighted by Gasteiger charge is -2.20. The number of nitrogens with one attached hydrogen (secondary N) is 1. The molecule has 2 aliphatic carbocycles. The van der Waals surface area contributed by atoms with Gasteiger partial charge < -0.3 is 10.1 Å². The predicted molar refractivity (Wildman–Crippen MR) is 89.6 cm³/mol. The molecule has 0 spiro atoms. The molecule has 128 valence electrons. The molecule has 5 heteroatoms. The van der Waals surface area contributed by atoms with Crippen LogP contribution in [0.25, 0.3) is 0 Å². The molecule has 1 aromatic rings. The van der Waals surface area contributed by atoms with Gasteiger partial charge in [-0.25, -0.2) is 0 Å². The fourth-order valence-electron chi connectivity index (χ4n) is 4.06. The maximum Gasteiger partial charge on any atom is 0.306 e. The van der Waals surface area contributed by atoms with Gasteiger partial charge in [-0.15, -0.1) is 0 Å². The summed E-state index contributed by atoms with van der Waals surface area (Å²) in [5, 5.41) is 2.64. The maximum absolute atomic E-state index is 11.9. The van der Waals surface area contributed by atoms with Crippen LogP contribution in [0.15, 0.2) is 24.3 Å². The fourth-order valence-corrected chi connectivity index (χ4v) is 4.06. The Morgan fingerprint density at radius 2 is 2.04 bits per heavy atom. The lowest BCUT2D eigenvalue weighted by Crippen LogP contribution is -2.23. The molecule has 2 fully saturated rings. The van der Waals surface area contributed by atoms with Crippen molar-refractivity contribution in [2.75, 3.05) is 11.9 Å². The first-order valence-corrected chi connectivity index (χ1v) is 8.57. The Kier molecular flexibility index (Phi) is 4.97. The second-order valence-corrected chi connectivity index (χ2v) is 6.98. The molecule has 0 aliphatic heterocycles. The van der Waals surface area contributed by atoms with Crippen LogP contribution in [0.5, 0.6) is 0 Å². The van der Waals surface area contributed by atoms with Crippen molar-refractivity contribution in [1.29, 1.82) is 0 Å². The number of ether oxygens (including phenoxy) is 1. The van der Waals surface area contributed by atoms with E-state index in [0.29, 0.717) is 29.5 Å². The third kappa shape index (κ3) is 4.02. The zero-order valence-corrected chi connectivity index (χ0v) is 13.9. The van der Waals surface area contributed by atoms with Gasteiger partial charge in [0.2, 0.25) is 0 Å². The number of rotatable bonds is 6. The van der Waals surface area contributed by atoms with Crippen LogP contribution in [0.1, 0.15) is 49.4 Å². The van der Waals surface area contributed by atoms with E-state index in [2.05, 4.69) is 5.32 Å². The molecule has 1 N–H and O–H groups in total. The number of hydrogen-bond donors (Lipinski definition) is 1. The first kappa shape index (κ1) is 16.7. The number of esters is 1. The van der Waals surface area contributed by atoms with E-state index in [1.807, 2.05) is 0 Å². The minimum Gasteiger partial charge on any atom is -0.456 e. The summed E-state index contributed by atoms with van der Waals surface area (Å²) in [6.07, 6.45) is 5.34. The van der Waals surface area contributed by atoms with Gasteiger partial charge in [0, 0.05) is 17.7 Å². The van der Waals surface area contributed by atoms with Gasteiger partial charge in [0.05, 0.1) is 0 Å². The summed E-state index contributed by atoms with van der Waals surface area (Å²) < 4.78 is 5.11. The standard InChI is InChI=1S/C19H23NO4/c1-12(21)14-3-2-4-17(9-14)20-18(22)11-24-19(23)10-16-8-13-5-6-15(16)7-13/h2-4,9,13,15-16H,5-8,10-11H2,1H3,(H,20,22)/t13-,15-,16-/m0/s1. The molecule has 0 radical (unpaired) electrons. The quantitative estimate of drug-likeness (QED) is 0.642. The Morgan fingerprint density at radius 1 is 1.21 bits per heavy atom. The number of Topliss-reactive ketones (excluding diaryl/α,β-unsaturated/α-hetero) is 1. The predicted octanol–water partition coefficient (Wildman–Crippen LogP) is 3.20. The number of anilines is 1. The SMILES string of the molecule is CC(=O)c1cccc(NC(=O)COC(=O)C[C@@H]2C[C@H]3CC[C@H]2C3)c1. The molecule has 2 bridgehead atoms. The van der Waals surface area contributed by atoms with Crippen molar-refractivity contribution in [2.24, 2.45) is 17.8 Å². The molecule has 2 saturated carbocycles. The average Bonchev–Trinajstić information content (AvgIpc) is 3.16. The van der Waals surface area contributed by atoms with E-state index in [4.69, 9.17) is 4.74 Å². The van der Waals surface area contributed by atoms with Crippen LogP contribution in [0.3, 0.4) is 0 Å². The topological polar surface area (TPSA) is 72.5 Å². The summed E-state index contributed by atoms with van der Waals surface area (Å²) in [5.74, 6) is 1.16. The van der Waals surface area contributed by atoms with Gasteiger partial charge in [0.1, 0.15) is 0 Å². The molecule has 0 aromatic heterocycles. The second kappa shape index (κ2) is 7.16. The minimum absolute atomic E-state index is 0.0663. The molecule has 5 nitrogen and oxygen atoms in total. The van der Waals surface area contributed by atoms with Crippen LogP contribution < -0.4 is 5.32 Å². The van der Waals surface area contributed by atoms with Crippen LogP contribution in [-0.2, 0) is 14.3 Å². The summed E-state index contributed by atoms with van der Waals surface area (Å²) in [6.45, 7) is 1.18. The Balaban J connectivity index is 1.43. The van der Waals surface area contributed by atoms with Crippen LogP contribution in [0.2, 0.25) is 0 Å². The highest BCUT2D eigenvalue weighted by Crippen LogP contribution is 2.49. The van der Waals surface area contributed by atoms with Crippen LogP contribution in [-0.4, -0.2) is 24.3 Å². The summed E-state index contributed by atoms with van der Waals surface area (Å²) in [6, 6.07) is 6.69. The van der Waals surface area contributed by atoms with E-state index in [1.54, 1.807) is 24.3 Å². The summed E-state index contributed by atoms with van der Waals surface area (Å²) in [7, 11) is 0. The highest BCUT2D eigenvalue weighted by Gasteiger charge is 2.40. The third-order valence-corrected chi connectivity index (χ3v) is 5.23. The van der Waals surface area contributed by atoms with Gasteiger partial charge in [0.15, 0.2) is 12.4 Å². The molecule has 3 rings (SSSR count). The van der Waals surface area contributed by atoms with Crippen molar-refractivity contribution in [1.82, 2.24) is 0 Å². The van der Waals surface area contributed by atoms with Gasteiger partial charge in [-0.1, -0.05) is 18.6 Å². The first-order chi connectivity index (χ1) is 11.5. The fraction of sp³-hybridized carbons (Fsp3) is 0.526. The Bertz CT molecular complexity index is 655. The third-order valence-electron chi connectivity index (χ3n) is 5.23. The van der Waals surface area contributed by atoms with Gasteiger partial charge in [-0.2, -0.15) is 0 Å². The van der Waals surface area contributed by atoms with E-state index >= 15 is 0 Å². The number of amides is 1. The highest BCUT2D eigenvalue weighted by atomic mass is 16.5. The van der Waals surface area contributed by atoms with Crippen molar-refractivity contribution < 1.29 is 19.1 Å². The molecule has 0 saturated heterocycles. The number of hydrogen-bond acceptors (Lipinski definition) is 4. The molecule has 0 unspecified atom stereocenters. The molecular formula is C19H23NO4. The summed E-state index contributed by atoms with van der Waals surface area (Å²) >= 11 is 0. The normalized spacial score (nSPS) is 24.6. The highest BCUT2D eigenvalue weighted by molar-refractivity contribution is 5.97. The number of fused-ring (bicyclic) bond motifs is 2. The van der Waals surface area contributed by atoms with E-state index in [9.17, 15) is 14.4 Å². The van der Waals surface area contributed by atoms with Crippen LogP contribution >= 0.6 is 0 Å². The van der Waals surface area contributed by atoms with Crippen molar-refractivity contribution in [3.05, 3.63) is 29.8 Å². The molecule has 0 heterocycles. The maximum atomic E-state index is 11.9. The van der Waals surface area contributed by atoms with E-state index in [1.165, 1.54) is 26.2 Å². The number of carbonyl (C=O) groups is 3. The minimum atomic E-state index is -0.392. The lowest BCUT2D eigenvalue weighted by molar-refractivity contribution is -0.148. The number of benzene rings is 1. The Labute approximate surface area is 141 Å². The van der Waals surface area contributed by atoms with Gasteiger partial charge >= 0.3 is 5.97 Å². The van der Waals surface area contributed by atoms with Crippen molar-refractivity contribution in [2.45, 2.75) is 39.0 Å². The first-order valence-electron chi connectivity index (χ1n) is 8.57. The average molecular weight is 329 g/mol. The van der Waals surface area contributed by atoms with Crippen LogP contribution in [0.4, 0.5) is 5.69 Å². The molecule has 3 atom stereocenters. The smallest absolute Gasteiger partial charge is 0.306 e.